The Morgan fingerprint density at radius 2 is 1.93 bits per heavy atom. The summed E-state index contributed by atoms with van der Waals surface area (Å²) in [5.41, 5.74) is 2.39. The molecule has 1 unspecified atom stereocenters. The fraction of sp³-hybridized carbons (Fsp3) is 0.667. The fourth-order valence-corrected chi connectivity index (χ4v) is 4.52. The van der Waals surface area contributed by atoms with Crippen LogP contribution in [0, 0.1) is 6.92 Å². The van der Waals surface area contributed by atoms with Gasteiger partial charge in [-0.05, 0) is 45.0 Å². The van der Waals surface area contributed by atoms with E-state index in [0.29, 0.717) is 6.04 Å². The van der Waals surface area contributed by atoms with Crippen molar-refractivity contribution in [3.05, 3.63) is 35.4 Å². The quantitative estimate of drug-likeness (QED) is 0.788. The minimum Gasteiger partial charge on any atom is -0.468 e. The summed E-state index contributed by atoms with van der Waals surface area (Å²) in [5, 5.41) is 8.40. The van der Waals surface area contributed by atoms with Gasteiger partial charge in [0, 0.05) is 38.8 Å². The van der Waals surface area contributed by atoms with Crippen molar-refractivity contribution in [3.8, 4) is 0 Å². The average Bonchev–Trinajstić information content (AvgIpc) is 3.34. The second kappa shape index (κ2) is 9.11. The van der Waals surface area contributed by atoms with E-state index in [2.05, 4.69) is 33.2 Å². The Kier molecular flexibility index (Phi) is 6.34. The number of piperidine rings is 1. The van der Waals surface area contributed by atoms with E-state index in [9.17, 15) is 0 Å². The number of anilines is 1. The highest BCUT2D eigenvalue weighted by atomic mass is 16.5. The Bertz CT molecular complexity index is 730. The Balaban J connectivity index is 1.44. The lowest BCUT2D eigenvalue weighted by molar-refractivity contribution is 0.122. The molecule has 2 aromatic rings. The zero-order valence-corrected chi connectivity index (χ0v) is 17.2. The van der Waals surface area contributed by atoms with Crippen molar-refractivity contribution in [2.45, 2.75) is 38.8 Å². The van der Waals surface area contributed by atoms with Gasteiger partial charge in [0.1, 0.15) is 11.6 Å². The number of ether oxygens (including phenoxy) is 1. The van der Waals surface area contributed by atoms with E-state index in [1.807, 2.05) is 17.8 Å². The van der Waals surface area contributed by atoms with Gasteiger partial charge < -0.3 is 19.4 Å². The molecule has 1 N–H and O–H groups in total. The van der Waals surface area contributed by atoms with Crippen molar-refractivity contribution in [2.75, 3.05) is 50.8 Å². The molecule has 2 saturated heterocycles. The molecular weight excluding hydrogens is 354 g/mol. The molecule has 2 aromatic heterocycles. The van der Waals surface area contributed by atoms with Gasteiger partial charge >= 0.3 is 0 Å². The maximum absolute atomic E-state index is 5.78. The minimum absolute atomic E-state index is 0.291. The first kappa shape index (κ1) is 19.5. The van der Waals surface area contributed by atoms with Crippen LogP contribution in [-0.4, -0.2) is 60.6 Å². The lowest BCUT2D eigenvalue weighted by Crippen LogP contribution is -2.39. The van der Waals surface area contributed by atoms with Crippen molar-refractivity contribution >= 4 is 5.82 Å². The van der Waals surface area contributed by atoms with Gasteiger partial charge in [-0.15, -0.1) is 0 Å². The summed E-state index contributed by atoms with van der Waals surface area (Å²) in [6.45, 7) is 9.52. The second-order valence-corrected chi connectivity index (χ2v) is 7.87. The summed E-state index contributed by atoms with van der Waals surface area (Å²) in [5.74, 6) is 2.28. The van der Waals surface area contributed by atoms with Crippen molar-refractivity contribution in [3.63, 3.8) is 0 Å². The second-order valence-electron chi connectivity index (χ2n) is 7.87. The number of hydrogen-bond acceptors (Lipinski definition) is 6. The summed E-state index contributed by atoms with van der Waals surface area (Å²) in [6.07, 6.45) is 5.68. The largest absolute Gasteiger partial charge is 0.468 e. The number of nitrogens with zero attached hydrogens (tertiary/aromatic N) is 4. The smallest absolute Gasteiger partial charge is 0.131 e. The molecule has 0 amide bonds. The summed E-state index contributed by atoms with van der Waals surface area (Å²) in [4.78, 5) is 4.96. The predicted molar refractivity (Wildman–Crippen MR) is 110 cm³/mol. The standard InChI is InChI=1S/C21H33N5O2/c1-17-18(21(24(2)23-17)26-10-13-27-14-11-26)15-22-16-19(20-7-6-12-28-20)25-8-4-3-5-9-25/h6-7,12,19,22H,3-5,8-11,13-16H2,1-2H3. The summed E-state index contributed by atoms with van der Waals surface area (Å²) < 4.78 is 13.3. The van der Waals surface area contributed by atoms with E-state index in [1.165, 1.54) is 30.6 Å². The Hall–Kier alpha value is -1.83. The average molecular weight is 388 g/mol. The summed E-state index contributed by atoms with van der Waals surface area (Å²) >= 11 is 0. The van der Waals surface area contributed by atoms with E-state index in [4.69, 9.17) is 9.15 Å². The van der Waals surface area contributed by atoms with Crippen molar-refractivity contribution in [2.24, 2.45) is 7.05 Å². The number of nitrogens with one attached hydrogen (secondary N) is 1. The molecule has 0 radical (unpaired) electrons. The number of rotatable bonds is 7. The molecule has 7 heteroatoms. The number of aromatic nitrogens is 2. The lowest BCUT2D eigenvalue weighted by Gasteiger charge is -2.33. The highest BCUT2D eigenvalue weighted by Gasteiger charge is 2.25. The highest BCUT2D eigenvalue weighted by molar-refractivity contribution is 5.50. The van der Waals surface area contributed by atoms with Crippen LogP contribution in [-0.2, 0) is 18.3 Å². The monoisotopic (exact) mass is 387 g/mol. The number of morpholine rings is 1. The molecule has 2 aliphatic rings. The van der Waals surface area contributed by atoms with Crippen molar-refractivity contribution in [1.29, 1.82) is 0 Å². The van der Waals surface area contributed by atoms with Crippen LogP contribution in [0.25, 0.3) is 0 Å². The van der Waals surface area contributed by atoms with Gasteiger partial charge in [-0.1, -0.05) is 6.42 Å². The van der Waals surface area contributed by atoms with Crippen molar-refractivity contribution in [1.82, 2.24) is 20.0 Å². The maximum Gasteiger partial charge on any atom is 0.131 e. The van der Waals surface area contributed by atoms with E-state index >= 15 is 0 Å². The Morgan fingerprint density at radius 1 is 1.14 bits per heavy atom. The van der Waals surface area contributed by atoms with Gasteiger partial charge in [-0.25, -0.2) is 0 Å². The van der Waals surface area contributed by atoms with Crippen LogP contribution >= 0.6 is 0 Å². The number of likely N-dealkylation sites (tertiary alicyclic amines) is 1. The van der Waals surface area contributed by atoms with Crippen LogP contribution in [0.15, 0.2) is 22.8 Å². The highest BCUT2D eigenvalue weighted by Crippen LogP contribution is 2.26. The first-order valence-electron chi connectivity index (χ1n) is 10.6. The Labute approximate surface area is 167 Å². The molecule has 4 rings (SSSR count). The van der Waals surface area contributed by atoms with Gasteiger partial charge in [0.25, 0.3) is 0 Å². The van der Waals surface area contributed by atoms with Crippen LogP contribution < -0.4 is 10.2 Å². The van der Waals surface area contributed by atoms with Crippen LogP contribution in [0.5, 0.6) is 0 Å². The maximum atomic E-state index is 5.78. The third-order valence-corrected chi connectivity index (χ3v) is 5.97. The third-order valence-electron chi connectivity index (χ3n) is 5.97. The van der Waals surface area contributed by atoms with Crippen LogP contribution in [0.1, 0.15) is 42.3 Å². The normalized spacial score (nSPS) is 19.9. The number of furan rings is 1. The van der Waals surface area contributed by atoms with Crippen LogP contribution in [0.4, 0.5) is 5.82 Å². The Morgan fingerprint density at radius 3 is 2.64 bits per heavy atom. The number of aryl methyl sites for hydroxylation is 2. The zero-order chi connectivity index (χ0) is 19.3. The zero-order valence-electron chi connectivity index (χ0n) is 17.2. The number of hydrogen-bond donors (Lipinski definition) is 1. The molecule has 0 aromatic carbocycles. The molecule has 1 atom stereocenters. The van der Waals surface area contributed by atoms with Gasteiger partial charge in [0.05, 0.1) is 31.2 Å². The van der Waals surface area contributed by atoms with Gasteiger partial charge in [-0.3, -0.25) is 9.58 Å². The van der Waals surface area contributed by atoms with Gasteiger partial charge in [0.15, 0.2) is 0 Å². The molecule has 2 aliphatic heterocycles. The first-order valence-corrected chi connectivity index (χ1v) is 10.6. The topological polar surface area (TPSA) is 58.7 Å². The van der Waals surface area contributed by atoms with E-state index < -0.39 is 0 Å². The fourth-order valence-electron chi connectivity index (χ4n) is 4.52. The van der Waals surface area contributed by atoms with Gasteiger partial charge in [-0.2, -0.15) is 5.10 Å². The molecule has 0 spiro atoms. The molecule has 2 fully saturated rings. The van der Waals surface area contributed by atoms with Crippen molar-refractivity contribution < 1.29 is 9.15 Å². The van der Waals surface area contributed by atoms with E-state index in [0.717, 1.165) is 63.9 Å². The van der Waals surface area contributed by atoms with E-state index in [-0.39, 0.29) is 0 Å². The molecule has 28 heavy (non-hydrogen) atoms. The lowest BCUT2D eigenvalue weighted by atomic mass is 10.1. The molecule has 0 aliphatic carbocycles. The SMILES string of the molecule is Cc1nn(C)c(N2CCOCC2)c1CNCC(c1ccco1)N1CCCCC1. The summed E-state index contributed by atoms with van der Waals surface area (Å²) in [7, 11) is 2.04. The van der Waals surface area contributed by atoms with Crippen LogP contribution in [0.3, 0.4) is 0 Å². The van der Waals surface area contributed by atoms with E-state index in [1.54, 1.807) is 6.26 Å². The molecule has 0 bridgehead atoms. The molecular formula is C21H33N5O2. The molecule has 154 valence electrons. The molecule has 7 nitrogen and oxygen atoms in total. The van der Waals surface area contributed by atoms with Gasteiger partial charge in [0.2, 0.25) is 0 Å². The minimum atomic E-state index is 0.291. The third kappa shape index (κ3) is 4.26. The van der Waals surface area contributed by atoms with Crippen LogP contribution in [0.2, 0.25) is 0 Å². The first-order chi connectivity index (χ1) is 13.7. The summed E-state index contributed by atoms with van der Waals surface area (Å²) in [6, 6.07) is 4.39. The molecule has 0 saturated carbocycles. The molecule has 4 heterocycles. The predicted octanol–water partition coefficient (Wildman–Crippen LogP) is 2.47.